The number of nitrogens with zero attached hydrogens (tertiary/aromatic N) is 3. The average molecular weight is 399 g/mol. The number of carbonyl (C=O) groups is 2. The van der Waals surface area contributed by atoms with Gasteiger partial charge >= 0.3 is 0 Å². The van der Waals surface area contributed by atoms with E-state index in [-0.39, 0.29) is 23.5 Å². The first-order chi connectivity index (χ1) is 13.9. The number of rotatable bonds is 8. The quantitative estimate of drug-likeness (QED) is 0.382. The van der Waals surface area contributed by atoms with Crippen LogP contribution < -0.4 is 9.47 Å². The van der Waals surface area contributed by atoms with E-state index in [0.717, 1.165) is 10.5 Å². The third-order valence-corrected chi connectivity index (χ3v) is 4.54. The number of amides is 2. The summed E-state index contributed by atoms with van der Waals surface area (Å²) in [5, 5.41) is 11.2. The van der Waals surface area contributed by atoms with Gasteiger partial charge in [0.25, 0.3) is 17.5 Å². The predicted octanol–water partition coefficient (Wildman–Crippen LogP) is 2.69. The van der Waals surface area contributed by atoms with Gasteiger partial charge in [-0.2, -0.15) is 0 Å². The monoisotopic (exact) mass is 399 g/mol. The summed E-state index contributed by atoms with van der Waals surface area (Å²) in [6, 6.07) is 9.56. The molecular formula is C20H21N3O6. The molecule has 0 aliphatic carbocycles. The van der Waals surface area contributed by atoms with Crippen molar-refractivity contribution in [2.75, 3.05) is 27.4 Å². The van der Waals surface area contributed by atoms with Gasteiger partial charge in [0.1, 0.15) is 5.56 Å². The van der Waals surface area contributed by atoms with E-state index in [2.05, 4.69) is 0 Å². The molecule has 0 radical (unpaired) electrons. The lowest BCUT2D eigenvalue weighted by Gasteiger charge is -2.23. The van der Waals surface area contributed by atoms with Gasteiger partial charge in [-0.1, -0.05) is 12.1 Å². The Balaban J connectivity index is 1.75. The average Bonchev–Trinajstić information content (AvgIpc) is 2.94. The van der Waals surface area contributed by atoms with Crippen LogP contribution in [0.3, 0.4) is 0 Å². The lowest BCUT2D eigenvalue weighted by atomic mass is 10.1. The summed E-state index contributed by atoms with van der Waals surface area (Å²) in [5.74, 6) is 0.0291. The minimum absolute atomic E-state index is 0.000964. The van der Waals surface area contributed by atoms with Crippen LogP contribution in [-0.4, -0.2) is 54.0 Å². The van der Waals surface area contributed by atoms with Crippen LogP contribution in [0.25, 0.3) is 0 Å². The largest absolute Gasteiger partial charge is 0.493 e. The number of ether oxygens (including phenoxy) is 2. The van der Waals surface area contributed by atoms with Crippen molar-refractivity contribution in [3.8, 4) is 11.5 Å². The minimum Gasteiger partial charge on any atom is -0.493 e. The van der Waals surface area contributed by atoms with Gasteiger partial charge < -0.3 is 9.47 Å². The third kappa shape index (κ3) is 3.90. The molecule has 2 amide bonds. The number of fused-ring (bicyclic) bond motifs is 1. The van der Waals surface area contributed by atoms with Crippen LogP contribution in [0.1, 0.15) is 33.2 Å². The molecule has 9 heteroatoms. The fraction of sp³-hybridized carbons (Fsp3) is 0.300. The van der Waals surface area contributed by atoms with Crippen molar-refractivity contribution in [2.24, 2.45) is 0 Å². The van der Waals surface area contributed by atoms with Gasteiger partial charge in [-0.15, -0.1) is 0 Å². The molecule has 9 nitrogen and oxygen atoms in total. The molecular weight excluding hydrogens is 378 g/mol. The van der Waals surface area contributed by atoms with Gasteiger partial charge in [0, 0.05) is 12.6 Å². The van der Waals surface area contributed by atoms with E-state index in [1.54, 1.807) is 25.1 Å². The van der Waals surface area contributed by atoms with E-state index < -0.39 is 16.7 Å². The van der Waals surface area contributed by atoms with Crippen molar-refractivity contribution in [2.45, 2.75) is 13.5 Å². The molecule has 0 aromatic heterocycles. The molecule has 0 saturated heterocycles. The molecule has 2 aromatic rings. The first-order valence-corrected chi connectivity index (χ1v) is 8.99. The van der Waals surface area contributed by atoms with Crippen LogP contribution >= 0.6 is 0 Å². The van der Waals surface area contributed by atoms with Crippen LogP contribution in [-0.2, 0) is 6.54 Å². The van der Waals surface area contributed by atoms with Crippen LogP contribution in [0.15, 0.2) is 36.4 Å². The highest BCUT2D eigenvalue weighted by Crippen LogP contribution is 2.31. The zero-order valence-electron chi connectivity index (χ0n) is 16.4. The van der Waals surface area contributed by atoms with Crippen LogP contribution in [0.4, 0.5) is 5.69 Å². The molecule has 3 rings (SSSR count). The van der Waals surface area contributed by atoms with Crippen LogP contribution in [0, 0.1) is 10.1 Å². The van der Waals surface area contributed by atoms with Gasteiger partial charge in [-0.05, 0) is 37.7 Å². The predicted molar refractivity (Wildman–Crippen MR) is 104 cm³/mol. The van der Waals surface area contributed by atoms with Gasteiger partial charge in [-0.25, -0.2) is 0 Å². The summed E-state index contributed by atoms with van der Waals surface area (Å²) in [7, 11) is 3.30. The highest BCUT2D eigenvalue weighted by atomic mass is 16.6. The molecule has 0 atom stereocenters. The first-order valence-electron chi connectivity index (χ1n) is 8.99. The molecule has 0 fully saturated rings. The van der Waals surface area contributed by atoms with Crippen molar-refractivity contribution in [3.63, 3.8) is 0 Å². The van der Waals surface area contributed by atoms with Gasteiger partial charge in [0.05, 0.1) is 30.9 Å². The number of imide groups is 1. The summed E-state index contributed by atoms with van der Waals surface area (Å²) >= 11 is 0. The van der Waals surface area contributed by atoms with Crippen molar-refractivity contribution in [1.82, 2.24) is 9.80 Å². The van der Waals surface area contributed by atoms with E-state index in [9.17, 15) is 19.7 Å². The second-order valence-corrected chi connectivity index (χ2v) is 6.57. The Morgan fingerprint density at radius 2 is 1.90 bits per heavy atom. The Morgan fingerprint density at radius 3 is 2.55 bits per heavy atom. The third-order valence-electron chi connectivity index (χ3n) is 4.54. The summed E-state index contributed by atoms with van der Waals surface area (Å²) in [5.41, 5.74) is 0.441. The number of nitro benzene ring substituents is 1. The molecule has 0 unspecified atom stereocenters. The number of nitro groups is 1. The topological polar surface area (TPSA) is 102 Å². The number of carbonyl (C=O) groups excluding carboxylic acids is 2. The van der Waals surface area contributed by atoms with Crippen molar-refractivity contribution < 1.29 is 24.0 Å². The normalized spacial score (nSPS) is 13.0. The van der Waals surface area contributed by atoms with E-state index in [1.165, 1.54) is 18.2 Å². The Labute approximate surface area is 167 Å². The summed E-state index contributed by atoms with van der Waals surface area (Å²) < 4.78 is 10.8. The minimum atomic E-state index is -0.659. The summed E-state index contributed by atoms with van der Waals surface area (Å²) in [6.07, 6.45) is 0. The van der Waals surface area contributed by atoms with Crippen molar-refractivity contribution >= 4 is 17.5 Å². The second-order valence-electron chi connectivity index (χ2n) is 6.57. The van der Waals surface area contributed by atoms with Crippen molar-refractivity contribution in [3.05, 3.63) is 63.2 Å². The molecule has 1 aliphatic rings. The molecule has 2 aromatic carbocycles. The van der Waals surface area contributed by atoms with Crippen molar-refractivity contribution in [1.29, 1.82) is 0 Å². The molecule has 29 heavy (non-hydrogen) atoms. The maximum Gasteiger partial charge on any atom is 0.282 e. The van der Waals surface area contributed by atoms with Crippen LogP contribution in [0.5, 0.6) is 11.5 Å². The second kappa shape index (κ2) is 8.27. The SMILES string of the molecule is CCOc1ccc(CN(C)CN2C(=O)c3cccc([N+](=O)[O-])c3C2=O)cc1OC. The Morgan fingerprint density at radius 1 is 1.14 bits per heavy atom. The van der Waals surface area contributed by atoms with Crippen LogP contribution in [0.2, 0.25) is 0 Å². The number of hydrogen-bond acceptors (Lipinski definition) is 7. The van der Waals surface area contributed by atoms with E-state index in [1.807, 2.05) is 19.1 Å². The Kier molecular flexibility index (Phi) is 5.79. The summed E-state index contributed by atoms with van der Waals surface area (Å²) in [4.78, 5) is 38.6. The molecule has 1 heterocycles. The molecule has 0 spiro atoms. The molecule has 152 valence electrons. The fourth-order valence-electron chi connectivity index (χ4n) is 3.28. The lowest BCUT2D eigenvalue weighted by molar-refractivity contribution is -0.385. The van der Waals surface area contributed by atoms with Gasteiger partial charge in [0.15, 0.2) is 11.5 Å². The maximum absolute atomic E-state index is 12.7. The Hall–Kier alpha value is -3.46. The standard InChI is InChI=1S/C20H21N3O6/c1-4-29-16-9-8-13(10-17(16)28-3)11-21(2)12-22-19(24)14-6-5-7-15(23(26)27)18(14)20(22)25/h5-10H,4,11-12H2,1-3H3. The molecule has 0 N–H and O–H groups in total. The molecule has 0 saturated carbocycles. The van der Waals surface area contributed by atoms with E-state index in [0.29, 0.717) is 24.7 Å². The van der Waals surface area contributed by atoms with Gasteiger partial charge in [-0.3, -0.25) is 29.5 Å². The zero-order chi connectivity index (χ0) is 21.1. The molecule has 1 aliphatic heterocycles. The summed E-state index contributed by atoms with van der Waals surface area (Å²) in [6.45, 7) is 2.83. The smallest absolute Gasteiger partial charge is 0.282 e. The van der Waals surface area contributed by atoms with E-state index in [4.69, 9.17) is 9.47 Å². The fourth-order valence-corrected chi connectivity index (χ4v) is 3.28. The molecule has 0 bridgehead atoms. The highest BCUT2D eigenvalue weighted by molar-refractivity contribution is 6.23. The van der Waals surface area contributed by atoms with Gasteiger partial charge in [0.2, 0.25) is 0 Å². The zero-order valence-corrected chi connectivity index (χ0v) is 16.4. The van der Waals surface area contributed by atoms with E-state index >= 15 is 0 Å². The number of benzene rings is 2. The Bertz CT molecular complexity index is 975. The number of hydrogen-bond donors (Lipinski definition) is 0. The lowest BCUT2D eigenvalue weighted by Crippen LogP contribution is -2.39. The highest BCUT2D eigenvalue weighted by Gasteiger charge is 2.41. The first kappa shape index (κ1) is 20.3. The number of methoxy groups -OCH3 is 1. The maximum atomic E-state index is 12.7.